The van der Waals surface area contributed by atoms with Crippen molar-refractivity contribution in [2.45, 2.75) is 12.8 Å². The van der Waals surface area contributed by atoms with Gasteiger partial charge in [0, 0.05) is 24.6 Å². The number of anilines is 1. The van der Waals surface area contributed by atoms with Crippen LogP contribution in [0.4, 0.5) is 5.69 Å². The standard InChI is InChI=1S/C16H15N3O2/c20-15-9-13-8-11(3-4-14(13)19-15)5-7-18-16(21)12-2-1-6-17-10-12/h1-4,6,8,10H,5,7,9H2,(H,18,21)(H,19,20). The summed E-state index contributed by atoms with van der Waals surface area (Å²) >= 11 is 0. The number of pyridine rings is 1. The Bertz CT molecular complexity index is 683. The van der Waals surface area contributed by atoms with E-state index in [-0.39, 0.29) is 11.8 Å². The zero-order chi connectivity index (χ0) is 14.7. The number of benzene rings is 1. The molecule has 0 saturated carbocycles. The van der Waals surface area contributed by atoms with Gasteiger partial charge in [0.15, 0.2) is 0 Å². The quantitative estimate of drug-likeness (QED) is 0.893. The van der Waals surface area contributed by atoms with Crippen LogP contribution in [0.5, 0.6) is 0 Å². The number of hydrogen-bond donors (Lipinski definition) is 2. The Hall–Kier alpha value is -2.69. The molecule has 0 unspecified atom stereocenters. The van der Waals surface area contributed by atoms with E-state index in [0.29, 0.717) is 18.5 Å². The third-order valence-corrected chi connectivity index (χ3v) is 3.42. The number of carbonyl (C=O) groups is 2. The molecule has 21 heavy (non-hydrogen) atoms. The van der Waals surface area contributed by atoms with E-state index in [9.17, 15) is 9.59 Å². The Balaban J connectivity index is 1.56. The lowest BCUT2D eigenvalue weighted by atomic mass is 10.1. The molecule has 5 nitrogen and oxygen atoms in total. The predicted molar refractivity (Wildman–Crippen MR) is 79.0 cm³/mol. The predicted octanol–water partition coefficient (Wildman–Crippen LogP) is 1.55. The molecule has 1 aliphatic rings. The molecule has 0 saturated heterocycles. The monoisotopic (exact) mass is 281 g/mol. The Kier molecular flexibility index (Phi) is 3.64. The number of nitrogens with zero attached hydrogens (tertiary/aromatic N) is 1. The summed E-state index contributed by atoms with van der Waals surface area (Å²) in [5.41, 5.74) is 3.58. The van der Waals surface area contributed by atoms with Crippen LogP contribution in [0.1, 0.15) is 21.5 Å². The molecule has 5 heteroatoms. The van der Waals surface area contributed by atoms with Gasteiger partial charge in [-0.15, -0.1) is 0 Å². The van der Waals surface area contributed by atoms with E-state index in [1.807, 2.05) is 18.2 Å². The fourth-order valence-corrected chi connectivity index (χ4v) is 2.36. The Morgan fingerprint density at radius 3 is 3.05 bits per heavy atom. The van der Waals surface area contributed by atoms with Crippen LogP contribution in [0.3, 0.4) is 0 Å². The topological polar surface area (TPSA) is 71.1 Å². The van der Waals surface area contributed by atoms with Crippen LogP contribution in [0.25, 0.3) is 0 Å². The largest absolute Gasteiger partial charge is 0.352 e. The lowest BCUT2D eigenvalue weighted by Gasteiger charge is -2.06. The van der Waals surface area contributed by atoms with Crippen molar-refractivity contribution in [3.8, 4) is 0 Å². The number of fused-ring (bicyclic) bond motifs is 1. The molecule has 2 N–H and O–H groups in total. The first-order chi connectivity index (χ1) is 10.2. The summed E-state index contributed by atoms with van der Waals surface area (Å²) in [6, 6.07) is 9.37. The Labute approximate surface area is 122 Å². The molecule has 0 radical (unpaired) electrons. The summed E-state index contributed by atoms with van der Waals surface area (Å²) in [7, 11) is 0. The van der Waals surface area contributed by atoms with Gasteiger partial charge in [-0.3, -0.25) is 14.6 Å². The van der Waals surface area contributed by atoms with Gasteiger partial charge in [0.05, 0.1) is 12.0 Å². The molecular formula is C16H15N3O2. The highest BCUT2D eigenvalue weighted by Gasteiger charge is 2.17. The van der Waals surface area contributed by atoms with Crippen LogP contribution in [0.2, 0.25) is 0 Å². The van der Waals surface area contributed by atoms with Crippen LogP contribution < -0.4 is 10.6 Å². The average Bonchev–Trinajstić information content (AvgIpc) is 2.87. The van der Waals surface area contributed by atoms with E-state index in [0.717, 1.165) is 23.2 Å². The molecular weight excluding hydrogens is 266 g/mol. The molecule has 1 aromatic heterocycles. The highest BCUT2D eigenvalue weighted by molar-refractivity contribution is 5.99. The van der Waals surface area contributed by atoms with Crippen molar-refractivity contribution in [1.82, 2.24) is 10.3 Å². The molecule has 0 spiro atoms. The van der Waals surface area contributed by atoms with Crippen LogP contribution >= 0.6 is 0 Å². The van der Waals surface area contributed by atoms with E-state index in [4.69, 9.17) is 0 Å². The second kappa shape index (κ2) is 5.75. The highest BCUT2D eigenvalue weighted by atomic mass is 16.2. The number of nitrogens with one attached hydrogen (secondary N) is 2. The first-order valence-electron chi connectivity index (χ1n) is 6.82. The third kappa shape index (κ3) is 3.08. The van der Waals surface area contributed by atoms with Gasteiger partial charge in [-0.1, -0.05) is 12.1 Å². The van der Waals surface area contributed by atoms with Gasteiger partial charge < -0.3 is 10.6 Å². The minimum Gasteiger partial charge on any atom is -0.352 e. The van der Waals surface area contributed by atoms with Gasteiger partial charge in [0.2, 0.25) is 5.91 Å². The number of carbonyl (C=O) groups excluding carboxylic acids is 2. The molecule has 1 aliphatic heterocycles. The maximum absolute atomic E-state index is 11.9. The van der Waals surface area contributed by atoms with E-state index >= 15 is 0 Å². The first-order valence-corrected chi connectivity index (χ1v) is 6.82. The normalized spacial score (nSPS) is 12.7. The molecule has 2 amide bonds. The van der Waals surface area contributed by atoms with Crippen molar-refractivity contribution in [2.24, 2.45) is 0 Å². The molecule has 2 heterocycles. The SMILES string of the molecule is O=C1Cc2cc(CCNC(=O)c3cccnc3)ccc2N1. The van der Waals surface area contributed by atoms with Gasteiger partial charge in [0.1, 0.15) is 0 Å². The van der Waals surface area contributed by atoms with Gasteiger partial charge in [-0.2, -0.15) is 0 Å². The van der Waals surface area contributed by atoms with Gasteiger partial charge >= 0.3 is 0 Å². The van der Waals surface area contributed by atoms with Crippen LogP contribution in [0.15, 0.2) is 42.7 Å². The van der Waals surface area contributed by atoms with Crippen molar-refractivity contribution in [2.75, 3.05) is 11.9 Å². The fourth-order valence-electron chi connectivity index (χ4n) is 2.36. The van der Waals surface area contributed by atoms with Crippen molar-refractivity contribution < 1.29 is 9.59 Å². The molecule has 0 bridgehead atoms. The third-order valence-electron chi connectivity index (χ3n) is 3.42. The number of amides is 2. The summed E-state index contributed by atoms with van der Waals surface area (Å²) in [6.07, 6.45) is 4.34. The van der Waals surface area contributed by atoms with Gasteiger partial charge in [-0.25, -0.2) is 0 Å². The Morgan fingerprint density at radius 2 is 2.24 bits per heavy atom. The molecule has 0 aliphatic carbocycles. The Morgan fingerprint density at radius 1 is 1.33 bits per heavy atom. The average molecular weight is 281 g/mol. The summed E-state index contributed by atoms with van der Waals surface area (Å²) < 4.78 is 0. The maximum atomic E-state index is 11.9. The summed E-state index contributed by atoms with van der Waals surface area (Å²) in [5, 5.41) is 5.67. The van der Waals surface area contributed by atoms with Crippen molar-refractivity contribution in [3.05, 3.63) is 59.4 Å². The summed E-state index contributed by atoms with van der Waals surface area (Å²) in [4.78, 5) is 27.1. The van der Waals surface area contributed by atoms with E-state index in [2.05, 4.69) is 15.6 Å². The zero-order valence-corrected chi connectivity index (χ0v) is 11.4. The fraction of sp³-hybridized carbons (Fsp3) is 0.188. The van der Waals surface area contributed by atoms with Crippen LogP contribution in [-0.2, 0) is 17.6 Å². The molecule has 2 aromatic rings. The second-order valence-corrected chi connectivity index (χ2v) is 4.96. The molecule has 0 atom stereocenters. The summed E-state index contributed by atoms with van der Waals surface area (Å²) in [5.74, 6) is -0.0897. The lowest BCUT2D eigenvalue weighted by Crippen LogP contribution is -2.25. The van der Waals surface area contributed by atoms with Crippen LogP contribution in [-0.4, -0.2) is 23.3 Å². The highest BCUT2D eigenvalue weighted by Crippen LogP contribution is 2.23. The maximum Gasteiger partial charge on any atom is 0.252 e. The van der Waals surface area contributed by atoms with E-state index < -0.39 is 0 Å². The second-order valence-electron chi connectivity index (χ2n) is 4.96. The molecule has 3 rings (SSSR count). The minimum absolute atomic E-state index is 0.0343. The summed E-state index contributed by atoms with van der Waals surface area (Å²) in [6.45, 7) is 0.549. The number of aromatic nitrogens is 1. The van der Waals surface area contributed by atoms with Gasteiger partial charge in [-0.05, 0) is 35.7 Å². The molecule has 106 valence electrons. The van der Waals surface area contributed by atoms with Gasteiger partial charge in [0.25, 0.3) is 5.91 Å². The van der Waals surface area contributed by atoms with E-state index in [1.54, 1.807) is 24.5 Å². The zero-order valence-electron chi connectivity index (χ0n) is 11.4. The van der Waals surface area contributed by atoms with Crippen LogP contribution in [0, 0.1) is 0 Å². The van der Waals surface area contributed by atoms with Crippen molar-refractivity contribution in [3.63, 3.8) is 0 Å². The number of rotatable bonds is 4. The first kappa shape index (κ1) is 13.3. The minimum atomic E-state index is -0.124. The lowest BCUT2D eigenvalue weighted by molar-refractivity contribution is -0.115. The van der Waals surface area contributed by atoms with E-state index in [1.165, 1.54) is 0 Å². The smallest absolute Gasteiger partial charge is 0.252 e. The van der Waals surface area contributed by atoms with Crippen molar-refractivity contribution >= 4 is 17.5 Å². The molecule has 0 fully saturated rings. The molecule has 1 aromatic carbocycles. The number of hydrogen-bond acceptors (Lipinski definition) is 3. The van der Waals surface area contributed by atoms with Crippen molar-refractivity contribution in [1.29, 1.82) is 0 Å².